The van der Waals surface area contributed by atoms with E-state index in [2.05, 4.69) is 18.2 Å². The number of fused-ring (bicyclic) bond motifs is 1. The second kappa shape index (κ2) is 3.46. The lowest BCUT2D eigenvalue weighted by molar-refractivity contribution is 0.752. The Morgan fingerprint density at radius 3 is 2.77 bits per heavy atom. The van der Waals surface area contributed by atoms with Gasteiger partial charge in [0.05, 0.1) is 6.04 Å². The molecule has 1 aromatic carbocycles. The van der Waals surface area contributed by atoms with E-state index < -0.39 is 0 Å². The average molecular weight is 192 g/mol. The first-order valence-electron chi connectivity index (χ1n) is 4.25. The van der Waals surface area contributed by atoms with Gasteiger partial charge in [0.2, 0.25) is 0 Å². The minimum atomic E-state index is -0.0163. The molecule has 2 aromatic rings. The topological polar surface area (TPSA) is 52.0 Å². The molecule has 13 heavy (non-hydrogen) atoms. The molecule has 0 fully saturated rings. The molecule has 0 aliphatic rings. The van der Waals surface area contributed by atoms with Gasteiger partial charge in [-0.2, -0.15) is 0 Å². The molecule has 3 heteroatoms. The van der Waals surface area contributed by atoms with E-state index in [0.717, 1.165) is 0 Å². The van der Waals surface area contributed by atoms with E-state index in [9.17, 15) is 0 Å². The summed E-state index contributed by atoms with van der Waals surface area (Å²) >= 11 is 1.72. The van der Waals surface area contributed by atoms with Crippen LogP contribution < -0.4 is 11.5 Å². The van der Waals surface area contributed by atoms with E-state index in [0.29, 0.717) is 6.54 Å². The van der Waals surface area contributed by atoms with Gasteiger partial charge in [-0.1, -0.05) is 18.2 Å². The van der Waals surface area contributed by atoms with Gasteiger partial charge in [-0.05, 0) is 17.5 Å². The molecule has 0 aliphatic carbocycles. The molecule has 1 aromatic heterocycles. The summed E-state index contributed by atoms with van der Waals surface area (Å²) in [6, 6.07) is 10.4. The van der Waals surface area contributed by atoms with Gasteiger partial charge < -0.3 is 11.5 Å². The molecular formula is C10H12N2S. The molecule has 0 bridgehead atoms. The molecule has 0 aliphatic heterocycles. The van der Waals surface area contributed by atoms with Crippen molar-refractivity contribution in [2.75, 3.05) is 6.54 Å². The van der Waals surface area contributed by atoms with Crippen molar-refractivity contribution < 1.29 is 0 Å². The third-order valence-corrected chi connectivity index (χ3v) is 3.31. The highest BCUT2D eigenvalue weighted by Gasteiger charge is 2.07. The van der Waals surface area contributed by atoms with E-state index in [4.69, 9.17) is 11.5 Å². The molecule has 68 valence electrons. The summed E-state index contributed by atoms with van der Waals surface area (Å²) in [7, 11) is 0. The molecule has 0 saturated heterocycles. The zero-order valence-electron chi connectivity index (χ0n) is 7.23. The highest BCUT2D eigenvalue weighted by molar-refractivity contribution is 7.19. The van der Waals surface area contributed by atoms with Crippen molar-refractivity contribution in [1.82, 2.24) is 0 Å². The second-order valence-corrected chi connectivity index (χ2v) is 4.14. The fraction of sp³-hybridized carbons (Fsp3) is 0.200. The molecule has 0 spiro atoms. The van der Waals surface area contributed by atoms with Crippen LogP contribution >= 0.6 is 11.3 Å². The van der Waals surface area contributed by atoms with E-state index in [1.807, 2.05) is 12.1 Å². The van der Waals surface area contributed by atoms with Crippen LogP contribution in [0.3, 0.4) is 0 Å². The summed E-state index contributed by atoms with van der Waals surface area (Å²) in [5.74, 6) is 0. The standard InChI is InChI=1S/C10H12N2S/c11-6-8(12)10-5-7-3-1-2-4-9(7)13-10/h1-5,8H,6,11-12H2. The summed E-state index contributed by atoms with van der Waals surface area (Å²) in [5.41, 5.74) is 11.4. The van der Waals surface area contributed by atoms with Gasteiger partial charge in [0.1, 0.15) is 0 Å². The highest BCUT2D eigenvalue weighted by Crippen LogP contribution is 2.28. The number of hydrogen-bond donors (Lipinski definition) is 2. The molecule has 1 heterocycles. The Hall–Kier alpha value is -0.900. The van der Waals surface area contributed by atoms with Crippen molar-refractivity contribution in [2.24, 2.45) is 11.5 Å². The van der Waals surface area contributed by atoms with Crippen LogP contribution in [0.15, 0.2) is 30.3 Å². The van der Waals surface area contributed by atoms with Crippen LogP contribution in [-0.2, 0) is 0 Å². The smallest absolute Gasteiger partial charge is 0.0514 e. The maximum Gasteiger partial charge on any atom is 0.0514 e. The molecule has 0 amide bonds. The summed E-state index contributed by atoms with van der Waals surface area (Å²) < 4.78 is 1.28. The summed E-state index contributed by atoms with van der Waals surface area (Å²) in [5, 5.41) is 1.26. The lowest BCUT2D eigenvalue weighted by atomic mass is 10.2. The molecule has 2 rings (SSSR count). The van der Waals surface area contributed by atoms with Crippen LogP contribution in [0, 0.1) is 0 Å². The Bertz CT molecular complexity index is 375. The van der Waals surface area contributed by atoms with Crippen LogP contribution in [0.5, 0.6) is 0 Å². The number of rotatable bonds is 2. The second-order valence-electron chi connectivity index (χ2n) is 3.03. The first-order chi connectivity index (χ1) is 6.31. The summed E-state index contributed by atoms with van der Waals surface area (Å²) in [4.78, 5) is 1.17. The SMILES string of the molecule is NCC(N)c1cc2ccccc2s1. The Morgan fingerprint density at radius 2 is 2.08 bits per heavy atom. The van der Waals surface area contributed by atoms with E-state index in [1.54, 1.807) is 11.3 Å². The van der Waals surface area contributed by atoms with Crippen molar-refractivity contribution in [3.8, 4) is 0 Å². The summed E-state index contributed by atoms with van der Waals surface area (Å²) in [6.45, 7) is 0.507. The first-order valence-corrected chi connectivity index (χ1v) is 5.07. The quantitative estimate of drug-likeness (QED) is 0.763. The first kappa shape index (κ1) is 8.69. The lowest BCUT2D eigenvalue weighted by Crippen LogP contribution is -2.19. The molecular weight excluding hydrogens is 180 g/mol. The predicted molar refractivity (Wildman–Crippen MR) is 57.8 cm³/mol. The van der Waals surface area contributed by atoms with Gasteiger partial charge in [0.15, 0.2) is 0 Å². The van der Waals surface area contributed by atoms with Gasteiger partial charge in [0.25, 0.3) is 0 Å². The highest BCUT2D eigenvalue weighted by atomic mass is 32.1. The number of hydrogen-bond acceptors (Lipinski definition) is 3. The molecule has 4 N–H and O–H groups in total. The molecule has 1 atom stereocenters. The van der Waals surface area contributed by atoms with E-state index >= 15 is 0 Å². The monoisotopic (exact) mass is 192 g/mol. The zero-order chi connectivity index (χ0) is 9.26. The molecule has 0 radical (unpaired) electrons. The minimum absolute atomic E-state index is 0.0163. The zero-order valence-corrected chi connectivity index (χ0v) is 8.05. The van der Waals surface area contributed by atoms with Crippen molar-refractivity contribution in [3.63, 3.8) is 0 Å². The minimum Gasteiger partial charge on any atom is -0.329 e. The fourth-order valence-corrected chi connectivity index (χ4v) is 2.38. The third-order valence-electron chi connectivity index (χ3n) is 2.06. The van der Waals surface area contributed by atoms with Crippen LogP contribution in [0.4, 0.5) is 0 Å². The van der Waals surface area contributed by atoms with Crippen LogP contribution in [0.2, 0.25) is 0 Å². The summed E-state index contributed by atoms with van der Waals surface area (Å²) in [6.07, 6.45) is 0. The maximum atomic E-state index is 5.84. The number of thiophene rings is 1. The van der Waals surface area contributed by atoms with Gasteiger partial charge in [-0.3, -0.25) is 0 Å². The average Bonchev–Trinajstić information content (AvgIpc) is 2.59. The number of nitrogens with two attached hydrogens (primary N) is 2. The lowest BCUT2D eigenvalue weighted by Gasteiger charge is -2.02. The predicted octanol–water partition coefficient (Wildman–Crippen LogP) is 1.86. The Labute approximate surface area is 81.2 Å². The van der Waals surface area contributed by atoms with Crippen LogP contribution in [0.25, 0.3) is 10.1 Å². The van der Waals surface area contributed by atoms with Gasteiger partial charge in [0, 0.05) is 16.1 Å². The van der Waals surface area contributed by atoms with Crippen molar-refractivity contribution >= 4 is 21.4 Å². The Balaban J connectivity index is 2.49. The maximum absolute atomic E-state index is 5.84. The molecule has 1 unspecified atom stereocenters. The van der Waals surface area contributed by atoms with Crippen molar-refractivity contribution in [3.05, 3.63) is 35.2 Å². The van der Waals surface area contributed by atoms with Crippen LogP contribution in [-0.4, -0.2) is 6.54 Å². The number of benzene rings is 1. The molecule has 2 nitrogen and oxygen atoms in total. The fourth-order valence-electron chi connectivity index (χ4n) is 1.30. The Morgan fingerprint density at radius 1 is 1.31 bits per heavy atom. The van der Waals surface area contributed by atoms with E-state index in [-0.39, 0.29) is 6.04 Å². The van der Waals surface area contributed by atoms with Gasteiger partial charge in [-0.25, -0.2) is 0 Å². The largest absolute Gasteiger partial charge is 0.329 e. The van der Waals surface area contributed by atoms with Gasteiger partial charge >= 0.3 is 0 Å². The van der Waals surface area contributed by atoms with E-state index in [1.165, 1.54) is 15.0 Å². The van der Waals surface area contributed by atoms with Crippen molar-refractivity contribution in [1.29, 1.82) is 0 Å². The Kier molecular flexibility index (Phi) is 2.31. The third kappa shape index (κ3) is 1.58. The molecule has 0 saturated carbocycles. The van der Waals surface area contributed by atoms with Crippen molar-refractivity contribution in [2.45, 2.75) is 6.04 Å². The van der Waals surface area contributed by atoms with Crippen LogP contribution in [0.1, 0.15) is 10.9 Å². The van der Waals surface area contributed by atoms with Gasteiger partial charge in [-0.15, -0.1) is 11.3 Å². The normalized spacial score (nSPS) is 13.4.